The van der Waals surface area contributed by atoms with Gasteiger partial charge in [-0.25, -0.2) is 4.98 Å². The summed E-state index contributed by atoms with van der Waals surface area (Å²) in [5.41, 5.74) is 3.47. The van der Waals surface area contributed by atoms with E-state index in [1.165, 1.54) is 12.0 Å². The molecule has 2 N–H and O–H groups in total. The van der Waals surface area contributed by atoms with Crippen LogP contribution in [0.25, 0.3) is 11.0 Å². The van der Waals surface area contributed by atoms with Crippen LogP contribution in [0.3, 0.4) is 0 Å². The minimum atomic E-state index is 0.314. The van der Waals surface area contributed by atoms with Crippen molar-refractivity contribution in [3.8, 4) is 6.07 Å². The van der Waals surface area contributed by atoms with Gasteiger partial charge in [0, 0.05) is 17.0 Å². The van der Waals surface area contributed by atoms with Crippen molar-refractivity contribution in [2.45, 2.75) is 31.2 Å². The van der Waals surface area contributed by atoms with Crippen molar-refractivity contribution < 1.29 is 0 Å². The molecular formula is C19H17ClN4. The Morgan fingerprint density at radius 2 is 2.08 bits per heavy atom. The van der Waals surface area contributed by atoms with E-state index < -0.39 is 0 Å². The van der Waals surface area contributed by atoms with Crippen LogP contribution < -0.4 is 5.32 Å². The van der Waals surface area contributed by atoms with Gasteiger partial charge in [-0.3, -0.25) is 0 Å². The zero-order valence-electron chi connectivity index (χ0n) is 13.1. The molecule has 120 valence electrons. The van der Waals surface area contributed by atoms with Gasteiger partial charge in [0.25, 0.3) is 0 Å². The second-order valence-electron chi connectivity index (χ2n) is 6.24. The highest BCUT2D eigenvalue weighted by molar-refractivity contribution is 6.30. The summed E-state index contributed by atoms with van der Waals surface area (Å²) in [7, 11) is 0. The molecule has 3 aromatic rings. The largest absolute Gasteiger partial charge is 0.352 e. The molecule has 5 heteroatoms. The molecule has 0 bridgehead atoms. The Kier molecular flexibility index (Phi) is 3.87. The predicted molar refractivity (Wildman–Crippen MR) is 96.3 cm³/mol. The minimum Gasteiger partial charge on any atom is -0.352 e. The number of nitrogens with zero attached hydrogens (tertiary/aromatic N) is 2. The Bertz CT molecular complexity index is 925. The van der Waals surface area contributed by atoms with Crippen LogP contribution >= 0.6 is 11.6 Å². The van der Waals surface area contributed by atoms with E-state index in [0.717, 1.165) is 34.8 Å². The minimum absolute atomic E-state index is 0.314. The third-order valence-corrected chi connectivity index (χ3v) is 4.98. The molecule has 1 aromatic heterocycles. The van der Waals surface area contributed by atoms with Gasteiger partial charge in [0.05, 0.1) is 11.1 Å². The number of nitriles is 1. The quantitative estimate of drug-likeness (QED) is 0.719. The highest BCUT2D eigenvalue weighted by Gasteiger charge is 2.29. The molecule has 0 radical (unpaired) electrons. The lowest BCUT2D eigenvalue weighted by Gasteiger charge is -2.21. The Morgan fingerprint density at radius 1 is 1.21 bits per heavy atom. The van der Waals surface area contributed by atoms with Crippen molar-refractivity contribution in [3.05, 3.63) is 58.6 Å². The molecule has 1 fully saturated rings. The second-order valence-corrected chi connectivity index (χ2v) is 6.68. The fourth-order valence-corrected chi connectivity index (χ4v) is 3.83. The van der Waals surface area contributed by atoms with E-state index in [0.29, 0.717) is 17.5 Å². The molecule has 0 unspecified atom stereocenters. The van der Waals surface area contributed by atoms with Gasteiger partial charge in [-0.1, -0.05) is 36.2 Å². The highest BCUT2D eigenvalue weighted by Crippen LogP contribution is 2.37. The summed E-state index contributed by atoms with van der Waals surface area (Å²) >= 11 is 6.15. The van der Waals surface area contributed by atoms with Gasteiger partial charge < -0.3 is 10.3 Å². The molecule has 0 aliphatic heterocycles. The molecule has 24 heavy (non-hydrogen) atoms. The van der Waals surface area contributed by atoms with Crippen molar-refractivity contribution in [1.82, 2.24) is 9.97 Å². The number of hydrogen-bond acceptors (Lipinski definition) is 3. The average Bonchev–Trinajstić information content (AvgIpc) is 3.21. The van der Waals surface area contributed by atoms with E-state index in [1.807, 2.05) is 24.3 Å². The molecular weight excluding hydrogens is 320 g/mol. The smallest absolute Gasteiger partial charge is 0.201 e. The van der Waals surface area contributed by atoms with Gasteiger partial charge in [-0.2, -0.15) is 5.26 Å². The normalized spacial score (nSPS) is 20.2. The van der Waals surface area contributed by atoms with E-state index in [2.05, 4.69) is 33.5 Å². The molecule has 1 aliphatic rings. The number of aromatic amines is 1. The fraction of sp³-hybridized carbons (Fsp3) is 0.263. The molecule has 4 nitrogen and oxygen atoms in total. The summed E-state index contributed by atoms with van der Waals surface area (Å²) in [5, 5.41) is 13.5. The molecule has 1 heterocycles. The number of aromatic nitrogens is 2. The maximum Gasteiger partial charge on any atom is 0.201 e. The molecule has 1 aliphatic carbocycles. The van der Waals surface area contributed by atoms with Gasteiger partial charge in [0.1, 0.15) is 11.6 Å². The van der Waals surface area contributed by atoms with Crippen LogP contribution in [0.1, 0.15) is 36.3 Å². The van der Waals surface area contributed by atoms with Crippen LogP contribution in [-0.4, -0.2) is 16.0 Å². The monoisotopic (exact) mass is 336 g/mol. The number of anilines is 1. The zero-order valence-corrected chi connectivity index (χ0v) is 13.8. The number of imidazole rings is 1. The molecule has 2 atom stereocenters. The first-order valence-corrected chi connectivity index (χ1v) is 8.53. The van der Waals surface area contributed by atoms with E-state index in [9.17, 15) is 5.26 Å². The summed E-state index contributed by atoms with van der Waals surface area (Å²) in [6, 6.07) is 16.2. The molecule has 4 rings (SSSR count). The molecule has 0 spiro atoms. The van der Waals surface area contributed by atoms with Crippen LogP contribution in [0.4, 0.5) is 5.95 Å². The molecule has 2 aromatic carbocycles. The molecule has 0 saturated heterocycles. The van der Waals surface area contributed by atoms with Gasteiger partial charge in [-0.05, 0) is 42.7 Å². The number of rotatable bonds is 3. The lowest BCUT2D eigenvalue weighted by Crippen LogP contribution is -2.23. The van der Waals surface area contributed by atoms with Crippen molar-refractivity contribution in [2.75, 3.05) is 5.32 Å². The Balaban J connectivity index is 1.61. The Morgan fingerprint density at radius 3 is 2.92 bits per heavy atom. The predicted octanol–water partition coefficient (Wildman–Crippen LogP) is 4.84. The third-order valence-electron chi connectivity index (χ3n) is 4.75. The van der Waals surface area contributed by atoms with Crippen molar-refractivity contribution in [1.29, 1.82) is 5.26 Å². The van der Waals surface area contributed by atoms with Crippen LogP contribution in [0.15, 0.2) is 42.5 Å². The maximum absolute atomic E-state index is 9.21. The maximum atomic E-state index is 9.21. The van der Waals surface area contributed by atoms with E-state index >= 15 is 0 Å². The van der Waals surface area contributed by atoms with Gasteiger partial charge in [-0.15, -0.1) is 0 Å². The lowest BCUT2D eigenvalue weighted by molar-refractivity contribution is 0.646. The highest BCUT2D eigenvalue weighted by atomic mass is 35.5. The van der Waals surface area contributed by atoms with Gasteiger partial charge >= 0.3 is 0 Å². The van der Waals surface area contributed by atoms with Crippen LogP contribution in [0.5, 0.6) is 0 Å². The van der Waals surface area contributed by atoms with Crippen LogP contribution in [-0.2, 0) is 0 Å². The molecule has 1 saturated carbocycles. The summed E-state index contributed by atoms with van der Waals surface area (Å²) in [5.74, 6) is 1.15. The number of nitrogens with one attached hydrogen (secondary N) is 2. The lowest BCUT2D eigenvalue weighted by atomic mass is 9.94. The first-order valence-electron chi connectivity index (χ1n) is 8.15. The summed E-state index contributed by atoms with van der Waals surface area (Å²) in [6.45, 7) is 0. The topological polar surface area (TPSA) is 64.5 Å². The van der Waals surface area contributed by atoms with Crippen LogP contribution in [0, 0.1) is 11.3 Å². The fourth-order valence-electron chi connectivity index (χ4n) is 3.64. The Labute approximate surface area is 145 Å². The number of benzene rings is 2. The summed E-state index contributed by atoms with van der Waals surface area (Å²) in [6.07, 6.45) is 3.42. The number of para-hydroxylation sites is 1. The summed E-state index contributed by atoms with van der Waals surface area (Å²) < 4.78 is 0. The third kappa shape index (κ3) is 2.72. The van der Waals surface area contributed by atoms with Gasteiger partial charge in [0.2, 0.25) is 5.95 Å². The Hall–Kier alpha value is -2.51. The second kappa shape index (κ2) is 6.18. The van der Waals surface area contributed by atoms with E-state index in [4.69, 9.17) is 11.6 Å². The first kappa shape index (κ1) is 15.0. The molecule has 0 amide bonds. The number of halogens is 1. The van der Waals surface area contributed by atoms with Gasteiger partial charge in [0.15, 0.2) is 0 Å². The zero-order chi connectivity index (χ0) is 16.5. The van der Waals surface area contributed by atoms with Crippen LogP contribution in [0.2, 0.25) is 5.02 Å². The standard InChI is InChI=1S/C19H17ClN4/c20-14-6-1-4-12(10-14)15-7-3-8-16(15)22-19-23-17-9-2-5-13(11-21)18(17)24-19/h1-2,4-6,9-10,15-16H,3,7-8H2,(H2,22,23,24)/t15-,16-/m0/s1. The number of hydrogen-bond donors (Lipinski definition) is 2. The number of fused-ring (bicyclic) bond motifs is 1. The van der Waals surface area contributed by atoms with Crippen molar-refractivity contribution in [2.24, 2.45) is 0 Å². The first-order chi connectivity index (χ1) is 11.7. The summed E-state index contributed by atoms with van der Waals surface area (Å²) in [4.78, 5) is 7.86. The SMILES string of the molecule is N#Cc1cccc2[nH]c(N[C@H]3CCC[C@H]3c3cccc(Cl)c3)nc12. The van der Waals surface area contributed by atoms with E-state index in [1.54, 1.807) is 6.07 Å². The van der Waals surface area contributed by atoms with E-state index in [-0.39, 0.29) is 0 Å². The van der Waals surface area contributed by atoms with Crippen molar-refractivity contribution in [3.63, 3.8) is 0 Å². The average molecular weight is 337 g/mol. The number of H-pyrrole nitrogens is 1. The van der Waals surface area contributed by atoms with Crippen molar-refractivity contribution >= 4 is 28.6 Å².